The van der Waals surface area contributed by atoms with Gasteiger partial charge in [0.05, 0.1) is 6.61 Å². The van der Waals surface area contributed by atoms with Gasteiger partial charge in [0, 0.05) is 5.41 Å². The Morgan fingerprint density at radius 2 is 2.07 bits per heavy atom. The normalized spacial score (nSPS) is 30.1. The maximum Gasteiger partial charge on any atom is 0.0531 e. The third kappa shape index (κ3) is 1.20. The average Bonchev–Trinajstić information content (AvgIpc) is 2.24. The van der Waals surface area contributed by atoms with Crippen molar-refractivity contribution in [2.45, 2.75) is 19.3 Å². The Bertz CT molecular complexity index is 367. The van der Waals surface area contributed by atoms with Crippen LogP contribution in [0.3, 0.4) is 0 Å². The van der Waals surface area contributed by atoms with Crippen molar-refractivity contribution in [2.24, 2.45) is 5.92 Å². The Hall–Kier alpha value is -1.08. The van der Waals surface area contributed by atoms with Crippen molar-refractivity contribution in [2.75, 3.05) is 6.61 Å². The quantitative estimate of drug-likeness (QED) is 0.718. The lowest BCUT2D eigenvalue weighted by molar-refractivity contribution is 0.174. The first-order valence-electron chi connectivity index (χ1n) is 5.07. The van der Waals surface area contributed by atoms with Gasteiger partial charge in [0.25, 0.3) is 0 Å². The Kier molecular flexibility index (Phi) is 2.20. The molecular formula is C13H16O. The highest BCUT2D eigenvalue weighted by Gasteiger charge is 2.34. The van der Waals surface area contributed by atoms with Crippen LogP contribution in [0.15, 0.2) is 30.3 Å². The van der Waals surface area contributed by atoms with Crippen molar-refractivity contribution in [1.29, 1.82) is 0 Å². The summed E-state index contributed by atoms with van der Waals surface area (Å²) in [5.74, 6) is 0.391. The van der Waals surface area contributed by atoms with Gasteiger partial charge in [-0.15, -0.1) is 0 Å². The summed E-state index contributed by atoms with van der Waals surface area (Å²) in [4.78, 5) is 0. The number of aliphatic hydroxyl groups is 1. The Labute approximate surface area is 85.1 Å². The van der Waals surface area contributed by atoms with E-state index in [1.807, 2.05) is 12.1 Å². The van der Waals surface area contributed by atoms with Crippen molar-refractivity contribution in [3.8, 4) is 0 Å². The average molecular weight is 188 g/mol. The molecule has 0 bridgehead atoms. The number of aliphatic hydroxyl groups excluding tert-OH is 1. The second kappa shape index (κ2) is 3.25. The molecule has 0 heterocycles. The van der Waals surface area contributed by atoms with Crippen LogP contribution in [0.4, 0.5) is 0 Å². The second-order valence-corrected chi connectivity index (χ2v) is 4.31. The third-order valence-corrected chi connectivity index (χ3v) is 3.47. The highest BCUT2D eigenvalue weighted by molar-refractivity contribution is 5.59. The van der Waals surface area contributed by atoms with Crippen LogP contribution in [0, 0.1) is 5.92 Å². The fourth-order valence-electron chi connectivity index (χ4n) is 2.10. The van der Waals surface area contributed by atoms with Gasteiger partial charge in [-0.05, 0) is 17.0 Å². The van der Waals surface area contributed by atoms with Gasteiger partial charge < -0.3 is 5.11 Å². The molecule has 0 amide bonds. The van der Waals surface area contributed by atoms with E-state index in [2.05, 4.69) is 38.1 Å². The highest BCUT2D eigenvalue weighted by atomic mass is 16.3. The molecule has 1 aliphatic carbocycles. The van der Waals surface area contributed by atoms with Crippen molar-refractivity contribution in [1.82, 2.24) is 0 Å². The van der Waals surface area contributed by atoms with Crippen LogP contribution >= 0.6 is 0 Å². The maximum atomic E-state index is 9.53. The SMILES string of the molecule is C[C@@H]1C=Cc2ccccc2[C@]1(C)CO. The van der Waals surface area contributed by atoms with E-state index in [0.29, 0.717) is 5.92 Å². The van der Waals surface area contributed by atoms with E-state index in [1.165, 1.54) is 11.1 Å². The van der Waals surface area contributed by atoms with Gasteiger partial charge in [0.1, 0.15) is 0 Å². The molecule has 0 unspecified atom stereocenters. The number of rotatable bonds is 1. The van der Waals surface area contributed by atoms with Gasteiger partial charge in [-0.2, -0.15) is 0 Å². The summed E-state index contributed by atoms with van der Waals surface area (Å²) in [6.07, 6.45) is 4.33. The van der Waals surface area contributed by atoms with Crippen LogP contribution < -0.4 is 0 Å². The lowest BCUT2D eigenvalue weighted by Gasteiger charge is -2.36. The van der Waals surface area contributed by atoms with Crippen molar-refractivity contribution < 1.29 is 5.11 Å². The molecule has 74 valence electrons. The van der Waals surface area contributed by atoms with Crippen LogP contribution in [-0.4, -0.2) is 11.7 Å². The molecule has 14 heavy (non-hydrogen) atoms. The first kappa shape index (κ1) is 9.47. The predicted molar refractivity (Wildman–Crippen MR) is 59.1 cm³/mol. The molecular weight excluding hydrogens is 172 g/mol. The molecule has 0 fully saturated rings. The van der Waals surface area contributed by atoms with E-state index in [9.17, 15) is 5.11 Å². The fourth-order valence-corrected chi connectivity index (χ4v) is 2.10. The summed E-state index contributed by atoms with van der Waals surface area (Å²) in [6, 6.07) is 8.30. The number of fused-ring (bicyclic) bond motifs is 1. The molecule has 0 radical (unpaired) electrons. The van der Waals surface area contributed by atoms with Gasteiger partial charge in [-0.1, -0.05) is 50.3 Å². The maximum absolute atomic E-state index is 9.53. The first-order chi connectivity index (χ1) is 6.68. The Balaban J connectivity index is 2.59. The number of hydrogen-bond acceptors (Lipinski definition) is 1. The molecule has 2 atom stereocenters. The van der Waals surface area contributed by atoms with E-state index in [0.717, 1.165) is 0 Å². The van der Waals surface area contributed by atoms with Crippen molar-refractivity contribution in [3.63, 3.8) is 0 Å². The van der Waals surface area contributed by atoms with Crippen molar-refractivity contribution >= 4 is 6.08 Å². The lowest BCUT2D eigenvalue weighted by atomic mass is 9.68. The number of allylic oxidation sites excluding steroid dienone is 1. The smallest absolute Gasteiger partial charge is 0.0531 e. The summed E-state index contributed by atoms with van der Waals surface area (Å²) in [7, 11) is 0. The summed E-state index contributed by atoms with van der Waals surface area (Å²) < 4.78 is 0. The van der Waals surface area contributed by atoms with Crippen molar-refractivity contribution in [3.05, 3.63) is 41.5 Å². The van der Waals surface area contributed by atoms with Gasteiger partial charge in [0.2, 0.25) is 0 Å². The standard InChI is InChI=1S/C13H16O/c1-10-7-8-11-5-3-4-6-12(11)13(10,2)9-14/h3-8,10,14H,9H2,1-2H3/t10-,13-/m1/s1. The third-order valence-electron chi connectivity index (χ3n) is 3.47. The molecule has 0 aromatic heterocycles. The van der Waals surface area contributed by atoms with Crippen LogP contribution in [0.25, 0.3) is 6.08 Å². The molecule has 0 spiro atoms. The predicted octanol–water partition coefficient (Wildman–Crippen LogP) is 2.60. The molecule has 1 aromatic rings. The van der Waals surface area contributed by atoms with Crippen LogP contribution in [0.2, 0.25) is 0 Å². The Morgan fingerprint density at radius 3 is 2.79 bits per heavy atom. The molecule has 1 N–H and O–H groups in total. The Morgan fingerprint density at radius 1 is 1.36 bits per heavy atom. The van der Waals surface area contributed by atoms with Crippen LogP contribution in [0.5, 0.6) is 0 Å². The van der Waals surface area contributed by atoms with Gasteiger partial charge in [-0.25, -0.2) is 0 Å². The minimum atomic E-state index is -0.120. The van der Waals surface area contributed by atoms with Crippen LogP contribution in [0.1, 0.15) is 25.0 Å². The minimum Gasteiger partial charge on any atom is -0.395 e. The zero-order chi connectivity index (χ0) is 10.2. The fraction of sp³-hybridized carbons (Fsp3) is 0.385. The van der Waals surface area contributed by atoms with E-state index in [1.54, 1.807) is 0 Å². The minimum absolute atomic E-state index is 0.120. The van der Waals surface area contributed by atoms with E-state index < -0.39 is 0 Å². The molecule has 1 nitrogen and oxygen atoms in total. The summed E-state index contributed by atoms with van der Waals surface area (Å²) in [5.41, 5.74) is 2.38. The molecule has 0 aliphatic heterocycles. The van der Waals surface area contributed by atoms with E-state index >= 15 is 0 Å². The largest absolute Gasteiger partial charge is 0.395 e. The topological polar surface area (TPSA) is 20.2 Å². The molecule has 0 saturated carbocycles. The van der Waals surface area contributed by atoms with E-state index in [4.69, 9.17) is 0 Å². The lowest BCUT2D eigenvalue weighted by Crippen LogP contribution is -2.35. The zero-order valence-electron chi connectivity index (χ0n) is 8.70. The molecule has 1 heteroatoms. The summed E-state index contributed by atoms with van der Waals surface area (Å²) >= 11 is 0. The molecule has 1 aliphatic rings. The summed E-state index contributed by atoms with van der Waals surface area (Å²) in [6.45, 7) is 4.48. The highest BCUT2D eigenvalue weighted by Crippen LogP contribution is 2.38. The molecule has 0 saturated heterocycles. The summed E-state index contributed by atoms with van der Waals surface area (Å²) in [5, 5.41) is 9.53. The molecule has 2 rings (SSSR count). The molecule has 1 aromatic carbocycles. The van der Waals surface area contributed by atoms with Gasteiger partial charge >= 0.3 is 0 Å². The van der Waals surface area contributed by atoms with E-state index in [-0.39, 0.29) is 12.0 Å². The second-order valence-electron chi connectivity index (χ2n) is 4.31. The zero-order valence-corrected chi connectivity index (χ0v) is 8.70. The van der Waals surface area contributed by atoms with Crippen LogP contribution in [-0.2, 0) is 5.41 Å². The van der Waals surface area contributed by atoms with Gasteiger partial charge in [0.15, 0.2) is 0 Å². The van der Waals surface area contributed by atoms with Gasteiger partial charge in [-0.3, -0.25) is 0 Å². The monoisotopic (exact) mass is 188 g/mol. The number of benzene rings is 1. The first-order valence-corrected chi connectivity index (χ1v) is 5.07. The number of hydrogen-bond donors (Lipinski definition) is 1.